The molecule has 0 spiro atoms. The van der Waals surface area contributed by atoms with Crippen molar-refractivity contribution in [2.75, 3.05) is 0 Å². The van der Waals surface area contributed by atoms with Crippen molar-refractivity contribution in [3.05, 3.63) is 34.9 Å². The summed E-state index contributed by atoms with van der Waals surface area (Å²) < 4.78 is 44.3. The maximum absolute atomic E-state index is 12.9. The number of benzene rings is 1. The van der Waals surface area contributed by atoms with Gasteiger partial charge >= 0.3 is 6.18 Å². The van der Waals surface area contributed by atoms with E-state index >= 15 is 0 Å². The van der Waals surface area contributed by atoms with Crippen molar-refractivity contribution in [3.8, 4) is 5.75 Å². The van der Waals surface area contributed by atoms with E-state index in [2.05, 4.69) is 15.9 Å². The highest BCUT2D eigenvalue weighted by molar-refractivity contribution is 9.08. The lowest BCUT2D eigenvalue weighted by Crippen LogP contribution is -2.28. The summed E-state index contributed by atoms with van der Waals surface area (Å²) in [5, 5.41) is 0.138. The first kappa shape index (κ1) is 13.5. The summed E-state index contributed by atoms with van der Waals surface area (Å²) in [6, 6.07) is 2.46. The normalized spacial score (nSPS) is 17.2. The van der Waals surface area contributed by atoms with Crippen LogP contribution in [0.15, 0.2) is 18.2 Å². The molecule has 0 aromatic heterocycles. The van der Waals surface area contributed by atoms with Gasteiger partial charge in [-0.3, -0.25) is 0 Å². The molecule has 0 atom stereocenters. The lowest BCUT2D eigenvalue weighted by Gasteiger charge is -2.29. The predicted molar refractivity (Wildman–Crippen MR) is 67.8 cm³/mol. The minimum absolute atomic E-state index is 0.138. The van der Waals surface area contributed by atoms with Crippen molar-refractivity contribution in [2.45, 2.75) is 31.0 Å². The minimum Gasteiger partial charge on any atom is -0.483 e. The first-order valence-corrected chi connectivity index (χ1v) is 6.54. The van der Waals surface area contributed by atoms with Gasteiger partial charge in [0.25, 0.3) is 0 Å². The number of hydrogen-bond donors (Lipinski definition) is 0. The highest BCUT2D eigenvalue weighted by atomic mass is 79.9. The monoisotopic (exact) mass is 320 g/mol. The Morgan fingerprint density at radius 3 is 2.50 bits per heavy atom. The second-order valence-corrected chi connectivity index (χ2v) is 5.23. The summed E-state index contributed by atoms with van der Waals surface area (Å²) in [6.45, 7) is 3.72. The van der Waals surface area contributed by atoms with Crippen molar-refractivity contribution >= 4 is 22.0 Å². The second-order valence-electron chi connectivity index (χ2n) is 4.67. The standard InChI is InChI=1S/C13H12BrF3O/c1-12(2)6-5-8-9(7-14)10(13(15,16)17)3-4-11(8)18-12/h3-6H,7H2,1-2H3. The quantitative estimate of drug-likeness (QED) is 0.676. The molecule has 1 aromatic rings. The van der Waals surface area contributed by atoms with Gasteiger partial charge in [-0.2, -0.15) is 13.2 Å². The summed E-state index contributed by atoms with van der Waals surface area (Å²) in [5.41, 5.74) is -0.394. The van der Waals surface area contributed by atoms with Crippen molar-refractivity contribution in [2.24, 2.45) is 0 Å². The maximum atomic E-state index is 12.9. The Morgan fingerprint density at radius 2 is 1.94 bits per heavy atom. The van der Waals surface area contributed by atoms with Crippen LogP contribution in [0.3, 0.4) is 0 Å². The van der Waals surface area contributed by atoms with Gasteiger partial charge < -0.3 is 4.74 Å². The van der Waals surface area contributed by atoms with E-state index in [1.807, 2.05) is 13.8 Å². The van der Waals surface area contributed by atoms with Gasteiger partial charge in [0.2, 0.25) is 0 Å². The molecule has 1 heterocycles. The van der Waals surface area contributed by atoms with E-state index in [1.165, 1.54) is 6.07 Å². The van der Waals surface area contributed by atoms with E-state index < -0.39 is 17.3 Å². The van der Waals surface area contributed by atoms with Gasteiger partial charge in [-0.05, 0) is 37.6 Å². The van der Waals surface area contributed by atoms with E-state index in [1.54, 1.807) is 12.2 Å². The van der Waals surface area contributed by atoms with Gasteiger partial charge in [-0.1, -0.05) is 22.0 Å². The molecule has 1 aliphatic heterocycles. The Bertz CT molecular complexity index is 504. The molecule has 0 amide bonds. The smallest absolute Gasteiger partial charge is 0.416 e. The van der Waals surface area contributed by atoms with Crippen LogP contribution >= 0.6 is 15.9 Å². The van der Waals surface area contributed by atoms with Gasteiger partial charge in [-0.15, -0.1) is 0 Å². The Labute approximate surface area is 112 Å². The molecular formula is C13H12BrF3O. The molecule has 98 valence electrons. The number of hydrogen-bond acceptors (Lipinski definition) is 1. The van der Waals surface area contributed by atoms with E-state index in [9.17, 15) is 13.2 Å². The van der Waals surface area contributed by atoms with E-state index in [0.29, 0.717) is 11.3 Å². The molecule has 0 saturated carbocycles. The van der Waals surface area contributed by atoms with Gasteiger partial charge in [0, 0.05) is 10.9 Å². The highest BCUT2D eigenvalue weighted by Crippen LogP contribution is 2.41. The minimum atomic E-state index is -4.35. The highest BCUT2D eigenvalue weighted by Gasteiger charge is 2.35. The number of fused-ring (bicyclic) bond motifs is 1. The molecule has 0 N–H and O–H groups in total. The third-order valence-corrected chi connectivity index (χ3v) is 3.34. The average molecular weight is 321 g/mol. The Balaban J connectivity index is 2.60. The van der Waals surface area contributed by atoms with Crippen molar-refractivity contribution in [1.82, 2.24) is 0 Å². The van der Waals surface area contributed by atoms with Crippen molar-refractivity contribution < 1.29 is 17.9 Å². The van der Waals surface area contributed by atoms with Crippen LogP contribution in [0.5, 0.6) is 5.75 Å². The molecule has 5 heteroatoms. The van der Waals surface area contributed by atoms with Crippen LogP contribution in [0.1, 0.15) is 30.5 Å². The van der Waals surface area contributed by atoms with Gasteiger partial charge in [0.15, 0.2) is 0 Å². The summed E-state index contributed by atoms with van der Waals surface area (Å²) >= 11 is 3.12. The summed E-state index contributed by atoms with van der Waals surface area (Å²) in [6.07, 6.45) is -0.884. The number of ether oxygens (including phenoxy) is 1. The van der Waals surface area contributed by atoms with Crippen LogP contribution in [0, 0.1) is 0 Å². The Hall–Kier alpha value is -0.970. The molecule has 2 rings (SSSR count). The first-order valence-electron chi connectivity index (χ1n) is 5.42. The fraction of sp³-hybridized carbons (Fsp3) is 0.385. The summed E-state index contributed by atoms with van der Waals surface area (Å²) in [4.78, 5) is 0. The van der Waals surface area contributed by atoms with Crippen LogP contribution in [0.2, 0.25) is 0 Å². The van der Waals surface area contributed by atoms with Gasteiger partial charge in [-0.25, -0.2) is 0 Å². The predicted octanol–water partition coefficient (Wildman–Crippen LogP) is 4.78. The number of alkyl halides is 4. The molecule has 0 fully saturated rings. The Morgan fingerprint density at radius 1 is 1.28 bits per heavy atom. The SMILES string of the molecule is CC1(C)C=Cc2c(ccc(C(F)(F)F)c2CBr)O1. The first-order chi connectivity index (χ1) is 8.24. The van der Waals surface area contributed by atoms with Crippen LogP contribution in [-0.4, -0.2) is 5.60 Å². The van der Waals surface area contributed by atoms with E-state index in [4.69, 9.17) is 4.74 Å². The van der Waals surface area contributed by atoms with Crippen molar-refractivity contribution in [1.29, 1.82) is 0 Å². The number of rotatable bonds is 1. The molecule has 0 radical (unpaired) electrons. The molecule has 1 aliphatic rings. The topological polar surface area (TPSA) is 9.23 Å². The van der Waals surface area contributed by atoms with Crippen LogP contribution in [0.4, 0.5) is 13.2 Å². The van der Waals surface area contributed by atoms with Gasteiger partial charge in [0.05, 0.1) is 5.56 Å². The summed E-state index contributed by atoms with van der Waals surface area (Å²) in [5.74, 6) is 0.491. The zero-order chi connectivity index (χ0) is 13.6. The Kier molecular flexibility index (Phi) is 3.21. The van der Waals surface area contributed by atoms with Crippen molar-refractivity contribution in [3.63, 3.8) is 0 Å². The van der Waals surface area contributed by atoms with Crippen LogP contribution in [0.25, 0.3) is 6.08 Å². The van der Waals surface area contributed by atoms with Crippen LogP contribution < -0.4 is 4.74 Å². The fourth-order valence-electron chi connectivity index (χ4n) is 1.93. The maximum Gasteiger partial charge on any atom is 0.416 e. The zero-order valence-corrected chi connectivity index (χ0v) is 11.5. The molecule has 0 saturated heterocycles. The third kappa shape index (κ3) is 2.41. The lowest BCUT2D eigenvalue weighted by atomic mass is 9.95. The molecule has 0 aliphatic carbocycles. The van der Waals surface area contributed by atoms with E-state index in [0.717, 1.165) is 6.07 Å². The molecule has 1 nitrogen and oxygen atoms in total. The molecular weight excluding hydrogens is 309 g/mol. The van der Waals surface area contributed by atoms with E-state index in [-0.39, 0.29) is 10.9 Å². The molecule has 1 aromatic carbocycles. The molecule has 0 bridgehead atoms. The second kappa shape index (κ2) is 4.30. The fourth-order valence-corrected chi connectivity index (χ4v) is 2.53. The van der Waals surface area contributed by atoms with Gasteiger partial charge in [0.1, 0.15) is 11.4 Å². The molecule has 18 heavy (non-hydrogen) atoms. The number of halogens is 4. The third-order valence-electron chi connectivity index (χ3n) is 2.78. The largest absolute Gasteiger partial charge is 0.483 e. The lowest BCUT2D eigenvalue weighted by molar-refractivity contribution is -0.138. The average Bonchev–Trinajstić information content (AvgIpc) is 2.24. The van der Waals surface area contributed by atoms with Crippen LogP contribution in [-0.2, 0) is 11.5 Å². The zero-order valence-electron chi connectivity index (χ0n) is 9.94. The molecule has 0 unspecified atom stereocenters. The summed E-state index contributed by atoms with van der Waals surface area (Å²) in [7, 11) is 0.